The number of sulfonamides is 1. The van der Waals surface area contributed by atoms with Gasteiger partial charge in [0.1, 0.15) is 5.75 Å². The zero-order chi connectivity index (χ0) is 19.3. The largest absolute Gasteiger partial charge is 0.497 e. The molecule has 8 nitrogen and oxygen atoms in total. The summed E-state index contributed by atoms with van der Waals surface area (Å²) in [5.41, 5.74) is 0.867. The minimum absolute atomic E-state index is 0.00132. The SMILES string of the molecule is COc1ccc(S(=O)(=O)NCCC(=O)NCc2ccc3c(c2)OCO3)cc1. The first-order chi connectivity index (χ1) is 13.0. The van der Waals surface area contributed by atoms with Crippen molar-refractivity contribution in [3.8, 4) is 17.2 Å². The van der Waals surface area contributed by atoms with E-state index in [0.717, 1.165) is 5.56 Å². The highest BCUT2D eigenvalue weighted by atomic mass is 32.2. The average molecular weight is 392 g/mol. The monoisotopic (exact) mass is 392 g/mol. The molecule has 0 bridgehead atoms. The van der Waals surface area contributed by atoms with Crippen molar-refractivity contribution in [2.75, 3.05) is 20.4 Å². The van der Waals surface area contributed by atoms with Crippen LogP contribution in [0.15, 0.2) is 47.4 Å². The smallest absolute Gasteiger partial charge is 0.240 e. The molecular weight excluding hydrogens is 372 g/mol. The van der Waals surface area contributed by atoms with E-state index in [4.69, 9.17) is 14.2 Å². The van der Waals surface area contributed by atoms with E-state index in [-0.39, 0.29) is 30.6 Å². The Balaban J connectivity index is 1.44. The molecule has 1 heterocycles. The molecule has 0 radical (unpaired) electrons. The van der Waals surface area contributed by atoms with E-state index in [0.29, 0.717) is 23.8 Å². The number of rotatable bonds is 8. The molecule has 0 atom stereocenters. The molecule has 0 saturated heterocycles. The van der Waals surface area contributed by atoms with Gasteiger partial charge in [0, 0.05) is 19.5 Å². The molecule has 2 aromatic carbocycles. The molecule has 0 fully saturated rings. The second kappa shape index (κ2) is 8.28. The van der Waals surface area contributed by atoms with Crippen molar-refractivity contribution >= 4 is 15.9 Å². The van der Waals surface area contributed by atoms with Crippen LogP contribution in [0.25, 0.3) is 0 Å². The van der Waals surface area contributed by atoms with Crippen LogP contribution in [0, 0.1) is 0 Å². The van der Waals surface area contributed by atoms with Crippen molar-refractivity contribution in [3.05, 3.63) is 48.0 Å². The Morgan fingerprint density at radius 2 is 1.85 bits per heavy atom. The average Bonchev–Trinajstić information content (AvgIpc) is 3.14. The maximum atomic E-state index is 12.2. The summed E-state index contributed by atoms with van der Waals surface area (Å²) >= 11 is 0. The van der Waals surface area contributed by atoms with E-state index in [1.807, 2.05) is 6.07 Å². The van der Waals surface area contributed by atoms with Crippen LogP contribution in [0.4, 0.5) is 0 Å². The van der Waals surface area contributed by atoms with Crippen LogP contribution in [0.5, 0.6) is 17.2 Å². The second-order valence-corrected chi connectivity index (χ2v) is 7.55. The number of ether oxygens (including phenoxy) is 3. The fraction of sp³-hybridized carbons (Fsp3) is 0.278. The van der Waals surface area contributed by atoms with Crippen LogP contribution < -0.4 is 24.2 Å². The van der Waals surface area contributed by atoms with Gasteiger partial charge in [0.05, 0.1) is 12.0 Å². The van der Waals surface area contributed by atoms with E-state index in [2.05, 4.69) is 10.0 Å². The highest BCUT2D eigenvalue weighted by Crippen LogP contribution is 2.32. The summed E-state index contributed by atoms with van der Waals surface area (Å²) in [6, 6.07) is 11.4. The van der Waals surface area contributed by atoms with Gasteiger partial charge >= 0.3 is 0 Å². The fourth-order valence-corrected chi connectivity index (χ4v) is 3.51. The van der Waals surface area contributed by atoms with E-state index in [1.54, 1.807) is 24.3 Å². The lowest BCUT2D eigenvalue weighted by Gasteiger charge is -2.09. The fourth-order valence-electron chi connectivity index (χ4n) is 2.48. The quantitative estimate of drug-likeness (QED) is 0.704. The van der Waals surface area contributed by atoms with Gasteiger partial charge in [-0.2, -0.15) is 0 Å². The number of carbonyl (C=O) groups excluding carboxylic acids is 1. The van der Waals surface area contributed by atoms with Crippen LogP contribution in [-0.2, 0) is 21.4 Å². The minimum Gasteiger partial charge on any atom is -0.497 e. The highest BCUT2D eigenvalue weighted by Gasteiger charge is 2.15. The van der Waals surface area contributed by atoms with Crippen molar-refractivity contribution in [3.63, 3.8) is 0 Å². The Morgan fingerprint density at radius 1 is 1.11 bits per heavy atom. The molecule has 0 unspecified atom stereocenters. The van der Waals surface area contributed by atoms with Gasteiger partial charge in [-0.05, 0) is 42.0 Å². The zero-order valence-corrected chi connectivity index (χ0v) is 15.5. The van der Waals surface area contributed by atoms with Gasteiger partial charge in [-0.1, -0.05) is 6.07 Å². The van der Waals surface area contributed by atoms with E-state index >= 15 is 0 Å². The van der Waals surface area contributed by atoms with Crippen LogP contribution >= 0.6 is 0 Å². The third-order valence-corrected chi connectivity index (χ3v) is 5.42. The number of carbonyl (C=O) groups is 1. The summed E-state index contributed by atoms with van der Waals surface area (Å²) < 4.78 is 42.3. The van der Waals surface area contributed by atoms with Gasteiger partial charge in [-0.15, -0.1) is 0 Å². The first-order valence-electron chi connectivity index (χ1n) is 8.27. The van der Waals surface area contributed by atoms with Gasteiger partial charge < -0.3 is 19.5 Å². The normalized spacial score (nSPS) is 12.6. The lowest BCUT2D eigenvalue weighted by atomic mass is 10.2. The number of benzene rings is 2. The lowest BCUT2D eigenvalue weighted by molar-refractivity contribution is -0.121. The molecule has 2 N–H and O–H groups in total. The lowest BCUT2D eigenvalue weighted by Crippen LogP contribution is -2.30. The van der Waals surface area contributed by atoms with Crippen LogP contribution in [0.3, 0.4) is 0 Å². The third-order valence-electron chi connectivity index (χ3n) is 3.94. The topological polar surface area (TPSA) is 103 Å². The molecule has 1 aliphatic rings. The second-order valence-electron chi connectivity index (χ2n) is 5.79. The third kappa shape index (κ3) is 4.89. The van der Waals surface area contributed by atoms with Gasteiger partial charge in [-0.3, -0.25) is 4.79 Å². The predicted molar refractivity (Wildman–Crippen MR) is 97.2 cm³/mol. The van der Waals surface area contributed by atoms with Crippen molar-refractivity contribution in [1.29, 1.82) is 0 Å². The Hall–Kier alpha value is -2.78. The van der Waals surface area contributed by atoms with E-state index in [1.165, 1.54) is 19.2 Å². The number of fused-ring (bicyclic) bond motifs is 1. The molecular formula is C18H20N2O6S. The number of methoxy groups -OCH3 is 1. The molecule has 27 heavy (non-hydrogen) atoms. The number of amides is 1. The molecule has 0 aromatic heterocycles. The van der Waals surface area contributed by atoms with Crippen molar-refractivity contribution < 1.29 is 27.4 Å². The van der Waals surface area contributed by atoms with Crippen molar-refractivity contribution in [1.82, 2.24) is 10.0 Å². The summed E-state index contributed by atoms with van der Waals surface area (Å²) in [5.74, 6) is 1.63. The summed E-state index contributed by atoms with van der Waals surface area (Å²) in [6.45, 7) is 0.515. The molecule has 0 aliphatic carbocycles. The highest BCUT2D eigenvalue weighted by molar-refractivity contribution is 7.89. The summed E-state index contributed by atoms with van der Waals surface area (Å²) in [4.78, 5) is 12.1. The summed E-state index contributed by atoms with van der Waals surface area (Å²) in [7, 11) is -2.17. The first-order valence-corrected chi connectivity index (χ1v) is 9.75. The first kappa shape index (κ1) is 19.0. The molecule has 1 amide bonds. The molecule has 9 heteroatoms. The Morgan fingerprint density at radius 3 is 2.59 bits per heavy atom. The van der Waals surface area contributed by atoms with Gasteiger partial charge in [0.15, 0.2) is 11.5 Å². The summed E-state index contributed by atoms with van der Waals surface area (Å²) in [5, 5.41) is 2.74. The number of hydrogen-bond donors (Lipinski definition) is 2. The standard InChI is InChI=1S/C18H20N2O6S/c1-24-14-3-5-15(6-4-14)27(22,23)20-9-8-18(21)19-11-13-2-7-16-17(10-13)26-12-25-16/h2-7,10,20H,8-9,11-12H2,1H3,(H,19,21). The molecule has 3 rings (SSSR count). The minimum atomic E-state index is -3.67. The maximum Gasteiger partial charge on any atom is 0.240 e. The van der Waals surface area contributed by atoms with Crippen LogP contribution in [-0.4, -0.2) is 34.8 Å². The predicted octanol–water partition coefficient (Wildman–Crippen LogP) is 1.41. The van der Waals surface area contributed by atoms with Gasteiger partial charge in [0.2, 0.25) is 22.7 Å². The molecule has 1 aliphatic heterocycles. The van der Waals surface area contributed by atoms with Crippen LogP contribution in [0.1, 0.15) is 12.0 Å². The molecule has 0 spiro atoms. The Kier molecular flexibility index (Phi) is 5.82. The maximum absolute atomic E-state index is 12.2. The van der Waals surface area contributed by atoms with Crippen molar-refractivity contribution in [2.24, 2.45) is 0 Å². The van der Waals surface area contributed by atoms with Gasteiger partial charge in [0.25, 0.3) is 0 Å². The van der Waals surface area contributed by atoms with E-state index < -0.39 is 10.0 Å². The molecule has 144 valence electrons. The van der Waals surface area contributed by atoms with E-state index in [9.17, 15) is 13.2 Å². The van der Waals surface area contributed by atoms with Crippen LogP contribution in [0.2, 0.25) is 0 Å². The summed E-state index contributed by atoms with van der Waals surface area (Å²) in [6.07, 6.45) is 0.0277. The zero-order valence-electron chi connectivity index (χ0n) is 14.7. The number of hydrogen-bond acceptors (Lipinski definition) is 6. The molecule has 2 aromatic rings. The van der Waals surface area contributed by atoms with Gasteiger partial charge in [-0.25, -0.2) is 13.1 Å². The van der Waals surface area contributed by atoms with Crippen molar-refractivity contribution in [2.45, 2.75) is 17.9 Å². The number of nitrogens with one attached hydrogen (secondary N) is 2. The Labute approximate surface area is 157 Å². The molecule has 0 saturated carbocycles. The Bertz CT molecular complexity index is 912.